The van der Waals surface area contributed by atoms with Crippen LogP contribution in [0.3, 0.4) is 0 Å². The lowest BCUT2D eigenvalue weighted by Gasteiger charge is -2.68. The maximum absolute atomic E-state index is 14.3. The first-order valence-corrected chi connectivity index (χ1v) is 13.1. The standard InChI is InChI=1S/C28H32N2O6/c1-29(23(32)7-4-18-9-13-35-16-18)20-8-10-28(33)22-14-19-5-6-21(31)25-24(19)27(28,26(20)36-25)11-12-30(22,34)15-17-2-3-17/h4-7,9,13,16-17,20,22,26,31,33H,2-3,8,10-12,14-15H2,1H3/b7-4+/t20-,22-,26+,27+,28-,30-/m1/s1. The van der Waals surface area contributed by atoms with E-state index in [-0.39, 0.29) is 22.3 Å². The van der Waals surface area contributed by atoms with Gasteiger partial charge in [0.2, 0.25) is 5.91 Å². The molecule has 8 heteroatoms. The van der Waals surface area contributed by atoms with Crippen molar-refractivity contribution < 1.29 is 28.8 Å². The second-order valence-corrected chi connectivity index (χ2v) is 11.6. The molecular formula is C28H32N2O6. The zero-order valence-corrected chi connectivity index (χ0v) is 20.4. The number of carbonyl (C=O) groups excluding carboxylic acids is 1. The quantitative estimate of drug-likeness (QED) is 0.378. The highest BCUT2D eigenvalue weighted by Crippen LogP contribution is 2.67. The third kappa shape index (κ3) is 2.83. The number of hydrogen-bond donors (Lipinski definition) is 2. The lowest BCUT2D eigenvalue weighted by atomic mass is 9.48. The van der Waals surface area contributed by atoms with E-state index in [1.165, 1.54) is 6.08 Å². The van der Waals surface area contributed by atoms with Crippen molar-refractivity contribution in [2.45, 2.75) is 67.7 Å². The molecule has 2 aliphatic heterocycles. The summed E-state index contributed by atoms with van der Waals surface area (Å²) in [5.41, 5.74) is 0.591. The summed E-state index contributed by atoms with van der Waals surface area (Å²) in [6, 6.07) is 4.54. The smallest absolute Gasteiger partial charge is 0.246 e. The van der Waals surface area contributed by atoms with Gasteiger partial charge < -0.3 is 34.1 Å². The van der Waals surface area contributed by atoms with Gasteiger partial charge in [-0.2, -0.15) is 0 Å². The fourth-order valence-electron chi connectivity index (χ4n) is 7.95. The van der Waals surface area contributed by atoms with Crippen LogP contribution in [0.1, 0.15) is 48.8 Å². The van der Waals surface area contributed by atoms with Crippen LogP contribution in [0.2, 0.25) is 0 Å². The first kappa shape index (κ1) is 22.4. The Morgan fingerprint density at radius 1 is 1.28 bits per heavy atom. The number of aliphatic hydroxyl groups is 1. The first-order valence-electron chi connectivity index (χ1n) is 13.1. The SMILES string of the molecule is CN(C(=O)/C=C/c1ccoc1)[C@@H]1CC[C@@]2(O)[C@H]3Cc4ccc(O)c5c4[C@@]2(CC[N@@+]3([O-])CC2CC2)[C@H]1O5. The minimum Gasteiger partial charge on any atom is -0.632 e. The summed E-state index contributed by atoms with van der Waals surface area (Å²) >= 11 is 0. The number of rotatable bonds is 5. The number of ether oxygens (including phenoxy) is 1. The second-order valence-electron chi connectivity index (χ2n) is 11.6. The molecule has 1 aromatic heterocycles. The number of carbonyl (C=O) groups is 1. The molecule has 1 amide bonds. The monoisotopic (exact) mass is 492 g/mol. The van der Waals surface area contributed by atoms with Crippen molar-refractivity contribution in [2.75, 3.05) is 20.1 Å². The molecule has 1 saturated heterocycles. The zero-order chi connectivity index (χ0) is 24.9. The number of amides is 1. The van der Waals surface area contributed by atoms with E-state index in [9.17, 15) is 20.2 Å². The summed E-state index contributed by atoms with van der Waals surface area (Å²) in [6.45, 7) is 0.984. The average molecular weight is 493 g/mol. The van der Waals surface area contributed by atoms with Gasteiger partial charge in [0.05, 0.1) is 37.1 Å². The number of furan rings is 1. The molecule has 5 aliphatic rings. The van der Waals surface area contributed by atoms with Crippen LogP contribution in [0, 0.1) is 11.1 Å². The van der Waals surface area contributed by atoms with Crippen molar-refractivity contribution in [1.29, 1.82) is 0 Å². The summed E-state index contributed by atoms with van der Waals surface area (Å²) < 4.78 is 11.3. The number of likely N-dealkylation sites (N-methyl/N-ethyl adjacent to an activating group) is 1. The van der Waals surface area contributed by atoms with Gasteiger partial charge in [-0.05, 0) is 49.5 Å². The topological polar surface area (TPSA) is 106 Å². The third-order valence-corrected chi connectivity index (χ3v) is 9.83. The number of hydroxylamine groups is 3. The van der Waals surface area contributed by atoms with Crippen LogP contribution in [0.5, 0.6) is 11.5 Å². The van der Waals surface area contributed by atoms with Crippen LogP contribution in [0.25, 0.3) is 6.08 Å². The number of hydrogen-bond acceptors (Lipinski definition) is 6. The van der Waals surface area contributed by atoms with Crippen molar-refractivity contribution in [1.82, 2.24) is 4.90 Å². The number of piperidine rings is 1. The minimum absolute atomic E-state index is 0.0531. The van der Waals surface area contributed by atoms with E-state index >= 15 is 0 Å². The predicted octanol–water partition coefficient (Wildman–Crippen LogP) is 3.10. The summed E-state index contributed by atoms with van der Waals surface area (Å²) in [5, 5.41) is 37.6. The van der Waals surface area contributed by atoms with Gasteiger partial charge in [-0.3, -0.25) is 4.79 Å². The number of likely N-dealkylation sites (tertiary alicyclic amines) is 1. The van der Waals surface area contributed by atoms with Gasteiger partial charge in [0.1, 0.15) is 17.7 Å². The fraction of sp³-hybridized carbons (Fsp3) is 0.536. The maximum Gasteiger partial charge on any atom is 0.246 e. The molecule has 190 valence electrons. The molecule has 3 aliphatic carbocycles. The van der Waals surface area contributed by atoms with E-state index in [2.05, 4.69) is 0 Å². The molecule has 8 nitrogen and oxygen atoms in total. The molecule has 3 fully saturated rings. The number of phenolic OH excluding ortho intramolecular Hbond substituents is 1. The highest BCUT2D eigenvalue weighted by atomic mass is 16.6. The molecule has 36 heavy (non-hydrogen) atoms. The number of phenols is 1. The van der Waals surface area contributed by atoms with E-state index in [4.69, 9.17) is 9.15 Å². The fourth-order valence-corrected chi connectivity index (χ4v) is 7.95. The highest BCUT2D eigenvalue weighted by Gasteiger charge is 2.76. The Hall–Kier alpha value is -2.81. The van der Waals surface area contributed by atoms with Crippen molar-refractivity contribution >= 4 is 12.0 Å². The van der Waals surface area contributed by atoms with E-state index in [1.807, 2.05) is 6.07 Å². The summed E-state index contributed by atoms with van der Waals surface area (Å²) in [5.74, 6) is 0.758. The van der Waals surface area contributed by atoms with Gasteiger partial charge in [0.25, 0.3) is 0 Å². The molecule has 1 aromatic carbocycles. The molecule has 2 aromatic rings. The lowest BCUT2D eigenvalue weighted by molar-refractivity contribution is -0.924. The molecule has 1 spiro atoms. The Kier molecular flexibility index (Phi) is 4.58. The Bertz CT molecular complexity index is 1250. The molecular weight excluding hydrogens is 460 g/mol. The van der Waals surface area contributed by atoms with Crippen molar-refractivity contribution in [3.05, 3.63) is 58.7 Å². The van der Waals surface area contributed by atoms with Crippen LogP contribution in [-0.2, 0) is 16.6 Å². The molecule has 2 bridgehead atoms. The van der Waals surface area contributed by atoms with Crippen LogP contribution < -0.4 is 4.74 Å². The van der Waals surface area contributed by atoms with E-state index in [1.54, 1.807) is 42.7 Å². The van der Waals surface area contributed by atoms with E-state index < -0.39 is 23.2 Å². The minimum atomic E-state index is -1.24. The number of quaternary nitrogens is 1. The summed E-state index contributed by atoms with van der Waals surface area (Å²) in [6.07, 6.45) is 9.94. The number of aromatic hydroxyl groups is 1. The first-order chi connectivity index (χ1) is 17.3. The predicted molar refractivity (Wildman–Crippen MR) is 131 cm³/mol. The molecule has 2 saturated carbocycles. The Morgan fingerprint density at radius 2 is 2.11 bits per heavy atom. The maximum atomic E-state index is 14.3. The van der Waals surface area contributed by atoms with Crippen molar-refractivity contribution in [3.63, 3.8) is 0 Å². The van der Waals surface area contributed by atoms with Crippen LogP contribution in [-0.4, -0.2) is 69.6 Å². The second kappa shape index (κ2) is 7.37. The molecule has 2 N–H and O–H groups in total. The average Bonchev–Trinajstić information content (AvgIpc) is 3.36. The van der Waals surface area contributed by atoms with Crippen LogP contribution in [0.4, 0.5) is 0 Å². The van der Waals surface area contributed by atoms with Crippen molar-refractivity contribution in [2.24, 2.45) is 5.92 Å². The number of nitrogens with zero attached hydrogens (tertiary/aromatic N) is 2. The van der Waals surface area contributed by atoms with E-state index in [0.717, 1.165) is 29.5 Å². The third-order valence-electron chi connectivity index (χ3n) is 9.83. The molecule has 7 rings (SSSR count). The van der Waals surface area contributed by atoms with Gasteiger partial charge in [0, 0.05) is 43.0 Å². The molecule has 6 atom stereocenters. The normalized spacial score (nSPS) is 38.0. The van der Waals surface area contributed by atoms with Crippen molar-refractivity contribution in [3.8, 4) is 11.5 Å². The largest absolute Gasteiger partial charge is 0.632 e. The molecule has 0 radical (unpaired) electrons. The van der Waals surface area contributed by atoms with Gasteiger partial charge >= 0.3 is 0 Å². The Balaban J connectivity index is 1.30. The van der Waals surface area contributed by atoms with Gasteiger partial charge in [-0.1, -0.05) is 6.07 Å². The van der Waals surface area contributed by atoms with Gasteiger partial charge in [-0.15, -0.1) is 0 Å². The van der Waals surface area contributed by atoms with Crippen LogP contribution >= 0.6 is 0 Å². The zero-order valence-electron chi connectivity index (χ0n) is 20.4. The van der Waals surface area contributed by atoms with Gasteiger partial charge in [0.15, 0.2) is 11.5 Å². The van der Waals surface area contributed by atoms with Gasteiger partial charge in [-0.25, -0.2) is 0 Å². The van der Waals surface area contributed by atoms with Crippen LogP contribution in [0.15, 0.2) is 41.2 Å². The lowest BCUT2D eigenvalue weighted by Crippen LogP contribution is -2.81. The molecule has 3 heterocycles. The Labute approximate surface area is 209 Å². The molecule has 0 unspecified atom stereocenters. The summed E-state index contributed by atoms with van der Waals surface area (Å²) in [4.78, 5) is 14.9. The highest BCUT2D eigenvalue weighted by molar-refractivity contribution is 5.91. The number of benzene rings is 1. The Morgan fingerprint density at radius 3 is 2.86 bits per heavy atom. The summed E-state index contributed by atoms with van der Waals surface area (Å²) in [7, 11) is 1.77. The van der Waals surface area contributed by atoms with E-state index in [0.29, 0.717) is 50.4 Å².